The monoisotopic (exact) mass is 362 g/mol. The molecular weight excluding hydrogens is 340 g/mol. The number of fused-ring (bicyclic) bond motifs is 4. The minimum absolute atomic E-state index is 0.891. The van der Waals surface area contributed by atoms with Crippen molar-refractivity contribution in [1.82, 2.24) is 4.57 Å². The Bertz CT molecular complexity index is 1220. The van der Waals surface area contributed by atoms with Crippen LogP contribution in [-0.2, 0) is 6.42 Å². The van der Waals surface area contributed by atoms with Gasteiger partial charge in [0.1, 0.15) is 0 Å². The number of hydrogen-bond donors (Lipinski definition) is 0. The van der Waals surface area contributed by atoms with Gasteiger partial charge in [0.2, 0.25) is 0 Å². The van der Waals surface area contributed by atoms with E-state index in [1.54, 1.807) is 0 Å². The predicted octanol–water partition coefficient (Wildman–Crippen LogP) is 6.40. The molecule has 1 aliphatic rings. The van der Waals surface area contributed by atoms with Crippen LogP contribution in [0.4, 0.5) is 5.69 Å². The second-order valence-corrected chi connectivity index (χ2v) is 7.22. The number of nitrogens with zero attached hydrogens (tertiary/aromatic N) is 2. The third-order valence-corrected chi connectivity index (χ3v) is 5.57. The van der Waals surface area contributed by atoms with Gasteiger partial charge < -0.3 is 9.47 Å². The molecule has 0 aliphatic carbocycles. The summed E-state index contributed by atoms with van der Waals surface area (Å²) in [4.78, 5) is 2.16. The van der Waals surface area contributed by atoms with E-state index in [0.717, 1.165) is 12.1 Å². The first-order chi connectivity index (χ1) is 13.7. The SMILES string of the molecule is C=C1/C=C\C=C/Cc2cc(-n3c4ccccc4c4ccccc43)ccc2N1C. The standard InChI is InChI=1S/C26H22N2/c1-19-10-4-3-5-11-20-18-21(16-17-24(20)27(19)2)28-25-14-8-6-12-22(25)23-13-7-9-15-26(23)28/h3-10,12-18H,1,11H2,2H3/b5-3-,10-4-. The number of anilines is 1. The zero-order valence-corrected chi connectivity index (χ0v) is 16.0. The van der Waals surface area contributed by atoms with Crippen molar-refractivity contribution in [2.75, 3.05) is 11.9 Å². The van der Waals surface area contributed by atoms with Crippen LogP contribution >= 0.6 is 0 Å². The van der Waals surface area contributed by atoms with E-state index in [2.05, 4.69) is 108 Å². The van der Waals surface area contributed by atoms with E-state index in [1.165, 1.54) is 38.7 Å². The fourth-order valence-corrected chi connectivity index (χ4v) is 4.11. The lowest BCUT2D eigenvalue weighted by Crippen LogP contribution is -2.16. The molecular formula is C26H22N2. The minimum atomic E-state index is 0.891. The summed E-state index contributed by atoms with van der Waals surface area (Å²) < 4.78 is 2.37. The number of allylic oxidation sites excluding steroid dienone is 4. The molecule has 0 fully saturated rings. The third-order valence-electron chi connectivity index (χ3n) is 5.57. The van der Waals surface area contributed by atoms with Crippen LogP contribution in [0.3, 0.4) is 0 Å². The largest absolute Gasteiger partial charge is 0.345 e. The van der Waals surface area contributed by atoms with Crippen molar-refractivity contribution in [3.05, 3.63) is 109 Å². The number of likely N-dealkylation sites (N-methyl/N-ethyl adjacent to an activating group) is 1. The van der Waals surface area contributed by atoms with Crippen LogP contribution in [-0.4, -0.2) is 11.6 Å². The van der Waals surface area contributed by atoms with Crippen LogP contribution in [0.25, 0.3) is 27.5 Å². The average Bonchev–Trinajstić information content (AvgIpc) is 3.09. The molecule has 0 atom stereocenters. The molecule has 28 heavy (non-hydrogen) atoms. The second-order valence-electron chi connectivity index (χ2n) is 7.22. The van der Waals surface area contributed by atoms with E-state index in [0.29, 0.717) is 0 Å². The summed E-state index contributed by atoms with van der Waals surface area (Å²) in [7, 11) is 2.08. The van der Waals surface area contributed by atoms with Crippen LogP contribution < -0.4 is 4.90 Å². The predicted molar refractivity (Wildman–Crippen MR) is 120 cm³/mol. The number of para-hydroxylation sites is 2. The fraction of sp³-hybridized carbons (Fsp3) is 0.0769. The molecule has 0 radical (unpaired) electrons. The van der Waals surface area contributed by atoms with Gasteiger partial charge in [-0.3, -0.25) is 0 Å². The van der Waals surface area contributed by atoms with Gasteiger partial charge in [-0.2, -0.15) is 0 Å². The summed E-state index contributed by atoms with van der Waals surface area (Å²) in [6.45, 7) is 4.19. The Morgan fingerprint density at radius 1 is 0.821 bits per heavy atom. The van der Waals surface area contributed by atoms with Crippen LogP contribution in [0, 0.1) is 0 Å². The molecule has 3 aromatic carbocycles. The van der Waals surface area contributed by atoms with Crippen molar-refractivity contribution in [2.24, 2.45) is 0 Å². The molecule has 1 aromatic heterocycles. The van der Waals surface area contributed by atoms with Gasteiger partial charge in [-0.15, -0.1) is 0 Å². The molecule has 0 amide bonds. The Balaban J connectivity index is 1.76. The van der Waals surface area contributed by atoms with Gasteiger partial charge >= 0.3 is 0 Å². The summed E-state index contributed by atoms with van der Waals surface area (Å²) in [5.74, 6) is 0. The molecule has 0 bridgehead atoms. The van der Waals surface area contributed by atoms with Gasteiger partial charge in [0, 0.05) is 34.9 Å². The van der Waals surface area contributed by atoms with Gasteiger partial charge in [0.05, 0.1) is 11.0 Å². The molecule has 0 spiro atoms. The van der Waals surface area contributed by atoms with Gasteiger partial charge in [-0.1, -0.05) is 61.2 Å². The van der Waals surface area contributed by atoms with Gasteiger partial charge in [-0.05, 0) is 48.4 Å². The Kier molecular flexibility index (Phi) is 3.91. The van der Waals surface area contributed by atoms with E-state index < -0.39 is 0 Å². The van der Waals surface area contributed by atoms with E-state index >= 15 is 0 Å². The van der Waals surface area contributed by atoms with Crippen LogP contribution in [0.1, 0.15) is 5.56 Å². The highest BCUT2D eigenvalue weighted by molar-refractivity contribution is 6.09. The van der Waals surface area contributed by atoms with Crippen molar-refractivity contribution in [3.63, 3.8) is 0 Å². The molecule has 0 saturated carbocycles. The van der Waals surface area contributed by atoms with Gasteiger partial charge in [0.15, 0.2) is 0 Å². The molecule has 1 aliphatic heterocycles. The molecule has 2 heteroatoms. The molecule has 5 rings (SSSR count). The van der Waals surface area contributed by atoms with Gasteiger partial charge in [0.25, 0.3) is 0 Å². The van der Waals surface area contributed by atoms with Gasteiger partial charge in [-0.25, -0.2) is 0 Å². The zero-order valence-electron chi connectivity index (χ0n) is 16.0. The first-order valence-electron chi connectivity index (χ1n) is 9.61. The quantitative estimate of drug-likeness (QED) is 0.380. The summed E-state index contributed by atoms with van der Waals surface area (Å²) >= 11 is 0. The second kappa shape index (κ2) is 6.58. The lowest BCUT2D eigenvalue weighted by atomic mass is 10.1. The third kappa shape index (κ3) is 2.57. The Morgan fingerprint density at radius 2 is 1.50 bits per heavy atom. The van der Waals surface area contributed by atoms with Crippen molar-refractivity contribution in [3.8, 4) is 5.69 Å². The van der Waals surface area contributed by atoms with Crippen molar-refractivity contribution in [2.45, 2.75) is 6.42 Å². The zero-order chi connectivity index (χ0) is 19.1. The van der Waals surface area contributed by atoms with Crippen LogP contribution in [0.5, 0.6) is 0 Å². The fourth-order valence-electron chi connectivity index (χ4n) is 4.11. The lowest BCUT2D eigenvalue weighted by Gasteiger charge is -2.23. The highest BCUT2D eigenvalue weighted by Crippen LogP contribution is 2.34. The summed E-state index contributed by atoms with van der Waals surface area (Å²) in [6, 6.07) is 24.0. The molecule has 0 N–H and O–H groups in total. The van der Waals surface area contributed by atoms with Crippen LogP contribution in [0.2, 0.25) is 0 Å². The maximum Gasteiger partial charge on any atom is 0.0541 e. The summed E-state index contributed by atoms with van der Waals surface area (Å²) in [5, 5.41) is 2.58. The average molecular weight is 362 g/mol. The van der Waals surface area contributed by atoms with Crippen molar-refractivity contribution >= 4 is 27.5 Å². The normalized spacial score (nSPS) is 16.5. The lowest BCUT2D eigenvalue weighted by molar-refractivity contribution is 1.09. The molecule has 2 heterocycles. The number of benzene rings is 3. The maximum atomic E-state index is 4.19. The Morgan fingerprint density at radius 3 is 2.21 bits per heavy atom. The number of aromatic nitrogens is 1. The summed E-state index contributed by atoms with van der Waals surface area (Å²) in [5.41, 5.74) is 7.14. The highest BCUT2D eigenvalue weighted by Gasteiger charge is 2.14. The highest BCUT2D eigenvalue weighted by atomic mass is 15.1. The van der Waals surface area contributed by atoms with Crippen LogP contribution in [0.15, 0.2) is 103 Å². The Labute approximate surface area is 165 Å². The van der Waals surface area contributed by atoms with E-state index in [9.17, 15) is 0 Å². The first kappa shape index (κ1) is 16.6. The maximum absolute atomic E-state index is 4.19. The van der Waals surface area contributed by atoms with Crippen molar-refractivity contribution in [1.29, 1.82) is 0 Å². The molecule has 0 unspecified atom stereocenters. The molecule has 2 nitrogen and oxygen atoms in total. The smallest absolute Gasteiger partial charge is 0.0541 e. The van der Waals surface area contributed by atoms with E-state index in [4.69, 9.17) is 0 Å². The molecule has 136 valence electrons. The van der Waals surface area contributed by atoms with E-state index in [1.807, 2.05) is 6.08 Å². The number of rotatable bonds is 1. The minimum Gasteiger partial charge on any atom is -0.345 e. The molecule has 4 aromatic rings. The molecule has 0 saturated heterocycles. The summed E-state index contributed by atoms with van der Waals surface area (Å²) in [6.07, 6.45) is 9.30. The van der Waals surface area contributed by atoms with E-state index in [-0.39, 0.29) is 0 Å². The Hall–Kier alpha value is -3.52. The topological polar surface area (TPSA) is 8.17 Å². The first-order valence-corrected chi connectivity index (χ1v) is 9.61. The van der Waals surface area contributed by atoms with Crippen molar-refractivity contribution < 1.29 is 0 Å². The number of hydrogen-bond acceptors (Lipinski definition) is 1.